The Bertz CT molecular complexity index is 915. The van der Waals surface area contributed by atoms with Crippen LogP contribution in [0.3, 0.4) is 0 Å². The van der Waals surface area contributed by atoms with Gasteiger partial charge in [0.15, 0.2) is 23.0 Å². The maximum Gasteiger partial charge on any atom is 0.387 e. The monoisotopic (exact) mass is 434 g/mol. The van der Waals surface area contributed by atoms with E-state index in [1.807, 2.05) is 6.07 Å². The van der Waals surface area contributed by atoms with Gasteiger partial charge >= 0.3 is 6.61 Å². The number of hydrogen-bond donors (Lipinski definition) is 1. The molecule has 0 unspecified atom stereocenters. The Morgan fingerprint density at radius 1 is 1.06 bits per heavy atom. The van der Waals surface area contributed by atoms with Gasteiger partial charge in [0, 0.05) is 19.0 Å². The molecule has 0 fully saturated rings. The van der Waals surface area contributed by atoms with Gasteiger partial charge in [0.25, 0.3) is 0 Å². The van der Waals surface area contributed by atoms with E-state index in [-0.39, 0.29) is 23.8 Å². The fraction of sp³-hybridized carbons (Fsp3) is 0.364. The number of methoxy groups -OCH3 is 2. The lowest BCUT2D eigenvalue weighted by Crippen LogP contribution is -2.25. The van der Waals surface area contributed by atoms with Gasteiger partial charge in [0.1, 0.15) is 0 Å². The van der Waals surface area contributed by atoms with E-state index >= 15 is 0 Å². The van der Waals surface area contributed by atoms with E-state index in [0.29, 0.717) is 43.1 Å². The summed E-state index contributed by atoms with van der Waals surface area (Å²) in [6.45, 7) is -2.29. The van der Waals surface area contributed by atoms with Gasteiger partial charge in [-0.05, 0) is 42.7 Å². The zero-order valence-electron chi connectivity index (χ0n) is 17.3. The SMILES string of the molecule is COc1cc(C#N)ccc1OCCCC(=O)NCCc1ccc(OC)c(OC(F)F)c1. The molecular weight excluding hydrogens is 410 g/mol. The van der Waals surface area contributed by atoms with Gasteiger partial charge in [-0.25, -0.2) is 0 Å². The number of carbonyl (C=O) groups excluding carboxylic acids is 1. The van der Waals surface area contributed by atoms with Gasteiger partial charge in [-0.3, -0.25) is 4.79 Å². The Morgan fingerprint density at radius 3 is 2.48 bits per heavy atom. The second-order valence-electron chi connectivity index (χ2n) is 6.39. The number of amides is 1. The predicted octanol–water partition coefficient (Wildman–Crippen LogP) is 3.69. The third-order valence-electron chi connectivity index (χ3n) is 4.28. The number of alkyl halides is 2. The van der Waals surface area contributed by atoms with Crippen LogP contribution in [0.5, 0.6) is 23.0 Å². The molecule has 0 aliphatic rings. The van der Waals surface area contributed by atoms with E-state index in [9.17, 15) is 13.6 Å². The Labute approximate surface area is 179 Å². The molecule has 1 amide bonds. The number of carbonyl (C=O) groups is 1. The third kappa shape index (κ3) is 7.66. The zero-order chi connectivity index (χ0) is 22.6. The molecule has 0 spiro atoms. The molecule has 2 rings (SSSR count). The van der Waals surface area contributed by atoms with Crippen LogP contribution >= 0.6 is 0 Å². The summed E-state index contributed by atoms with van der Waals surface area (Å²) in [6, 6.07) is 11.6. The molecule has 0 aromatic heterocycles. The number of rotatable bonds is 12. The minimum Gasteiger partial charge on any atom is -0.493 e. The first-order valence-electron chi connectivity index (χ1n) is 9.56. The van der Waals surface area contributed by atoms with Crippen LogP contribution in [0.2, 0.25) is 0 Å². The largest absolute Gasteiger partial charge is 0.493 e. The average Bonchev–Trinajstić information content (AvgIpc) is 2.76. The van der Waals surface area contributed by atoms with Crippen LogP contribution in [-0.4, -0.2) is 39.9 Å². The molecule has 0 saturated carbocycles. The quantitative estimate of drug-likeness (QED) is 0.513. The van der Waals surface area contributed by atoms with Crippen LogP contribution in [0.1, 0.15) is 24.0 Å². The molecule has 0 atom stereocenters. The Kier molecular flexibility index (Phi) is 9.36. The van der Waals surface area contributed by atoms with Crippen molar-refractivity contribution in [1.82, 2.24) is 5.32 Å². The first kappa shape index (κ1) is 23.7. The summed E-state index contributed by atoms with van der Waals surface area (Å²) >= 11 is 0. The first-order valence-corrected chi connectivity index (χ1v) is 9.56. The van der Waals surface area contributed by atoms with Crippen molar-refractivity contribution in [2.75, 3.05) is 27.4 Å². The molecule has 2 aromatic carbocycles. The average molecular weight is 434 g/mol. The van der Waals surface area contributed by atoms with Crippen molar-refractivity contribution in [2.24, 2.45) is 0 Å². The lowest BCUT2D eigenvalue weighted by molar-refractivity contribution is -0.121. The molecule has 0 saturated heterocycles. The highest BCUT2D eigenvalue weighted by atomic mass is 19.3. The van der Waals surface area contributed by atoms with Gasteiger partial charge in [0.2, 0.25) is 5.91 Å². The Hall–Kier alpha value is -3.54. The summed E-state index contributed by atoms with van der Waals surface area (Å²) in [5, 5.41) is 11.7. The smallest absolute Gasteiger partial charge is 0.387 e. The summed E-state index contributed by atoms with van der Waals surface area (Å²) in [4.78, 5) is 12.0. The highest BCUT2D eigenvalue weighted by Crippen LogP contribution is 2.30. The van der Waals surface area contributed by atoms with Crippen molar-refractivity contribution in [3.05, 3.63) is 47.5 Å². The highest BCUT2D eigenvalue weighted by molar-refractivity contribution is 5.75. The van der Waals surface area contributed by atoms with Gasteiger partial charge in [-0.1, -0.05) is 6.07 Å². The van der Waals surface area contributed by atoms with Crippen LogP contribution in [-0.2, 0) is 11.2 Å². The van der Waals surface area contributed by atoms with Gasteiger partial charge in [0.05, 0.1) is 32.5 Å². The number of nitrogens with one attached hydrogen (secondary N) is 1. The van der Waals surface area contributed by atoms with E-state index in [0.717, 1.165) is 5.56 Å². The molecule has 9 heteroatoms. The topological polar surface area (TPSA) is 89.8 Å². The molecule has 31 heavy (non-hydrogen) atoms. The van der Waals surface area contributed by atoms with E-state index in [1.165, 1.54) is 20.3 Å². The second kappa shape index (κ2) is 12.2. The van der Waals surface area contributed by atoms with Gasteiger partial charge in [-0.2, -0.15) is 14.0 Å². The maximum absolute atomic E-state index is 12.5. The lowest BCUT2D eigenvalue weighted by Gasteiger charge is -2.12. The van der Waals surface area contributed by atoms with Crippen LogP contribution in [0.15, 0.2) is 36.4 Å². The minimum atomic E-state index is -2.95. The summed E-state index contributed by atoms with van der Waals surface area (Å²) in [6.07, 6.45) is 1.21. The zero-order valence-corrected chi connectivity index (χ0v) is 17.3. The van der Waals surface area contributed by atoms with Gasteiger partial charge < -0.3 is 24.3 Å². The van der Waals surface area contributed by atoms with E-state index in [1.54, 1.807) is 30.3 Å². The molecule has 0 bridgehead atoms. The van der Waals surface area contributed by atoms with Crippen molar-refractivity contribution in [3.8, 4) is 29.1 Å². The molecule has 2 aromatic rings. The highest BCUT2D eigenvalue weighted by Gasteiger charge is 2.12. The van der Waals surface area contributed by atoms with Crippen LogP contribution in [0.25, 0.3) is 0 Å². The molecular formula is C22H24F2N2O5. The van der Waals surface area contributed by atoms with Crippen molar-refractivity contribution < 1.29 is 32.5 Å². The fourth-order valence-electron chi connectivity index (χ4n) is 2.77. The summed E-state index contributed by atoms with van der Waals surface area (Å²) in [7, 11) is 2.86. The Balaban J connectivity index is 1.73. The molecule has 0 radical (unpaired) electrons. The number of nitrogens with zero attached hydrogens (tertiary/aromatic N) is 1. The summed E-state index contributed by atoms with van der Waals surface area (Å²) < 4.78 is 45.2. The van der Waals surface area contributed by atoms with Crippen molar-refractivity contribution >= 4 is 5.91 Å². The van der Waals surface area contributed by atoms with E-state index in [4.69, 9.17) is 19.5 Å². The number of nitriles is 1. The van der Waals surface area contributed by atoms with Crippen LogP contribution < -0.4 is 24.3 Å². The van der Waals surface area contributed by atoms with Crippen LogP contribution in [0.4, 0.5) is 8.78 Å². The normalized spacial score (nSPS) is 10.3. The minimum absolute atomic E-state index is 0.0447. The molecule has 1 N–H and O–H groups in total. The fourth-order valence-corrected chi connectivity index (χ4v) is 2.77. The third-order valence-corrected chi connectivity index (χ3v) is 4.28. The second-order valence-corrected chi connectivity index (χ2v) is 6.39. The Morgan fingerprint density at radius 2 is 1.81 bits per heavy atom. The van der Waals surface area contributed by atoms with E-state index in [2.05, 4.69) is 10.1 Å². The van der Waals surface area contributed by atoms with Crippen molar-refractivity contribution in [3.63, 3.8) is 0 Å². The lowest BCUT2D eigenvalue weighted by atomic mass is 10.1. The van der Waals surface area contributed by atoms with Crippen molar-refractivity contribution in [2.45, 2.75) is 25.9 Å². The number of hydrogen-bond acceptors (Lipinski definition) is 6. The standard InChI is InChI=1S/C22H24F2N2O5/c1-28-17-7-5-15(12-20(17)31-22(23)24)9-10-26-21(27)4-3-11-30-18-8-6-16(14-25)13-19(18)29-2/h5-8,12-13,22H,3-4,9-11H2,1-2H3,(H,26,27). The van der Waals surface area contributed by atoms with Gasteiger partial charge in [-0.15, -0.1) is 0 Å². The number of ether oxygens (including phenoxy) is 4. The van der Waals surface area contributed by atoms with Crippen molar-refractivity contribution in [1.29, 1.82) is 5.26 Å². The first-order chi connectivity index (χ1) is 15.0. The summed E-state index contributed by atoms with van der Waals surface area (Å²) in [5.74, 6) is 0.984. The predicted molar refractivity (Wildman–Crippen MR) is 109 cm³/mol. The molecule has 166 valence electrons. The molecule has 0 heterocycles. The van der Waals surface area contributed by atoms with E-state index < -0.39 is 6.61 Å². The number of benzene rings is 2. The molecule has 0 aliphatic heterocycles. The molecule has 0 aliphatic carbocycles. The van der Waals surface area contributed by atoms with Crippen LogP contribution in [0, 0.1) is 11.3 Å². The molecule has 7 nitrogen and oxygen atoms in total. The number of halogens is 2. The summed E-state index contributed by atoms with van der Waals surface area (Å²) in [5.41, 5.74) is 1.20. The maximum atomic E-state index is 12.5.